The average molecular weight is 166 g/mol. The highest BCUT2D eigenvalue weighted by Gasteiger charge is 2.20. The molecule has 0 atom stereocenters. The van der Waals surface area contributed by atoms with Crippen LogP contribution < -0.4 is 0 Å². The summed E-state index contributed by atoms with van der Waals surface area (Å²) in [5, 5.41) is 0. The highest BCUT2D eigenvalue weighted by atomic mass is 35.5. The van der Waals surface area contributed by atoms with Crippen molar-refractivity contribution in [3.8, 4) is 0 Å². The lowest BCUT2D eigenvalue weighted by atomic mass is 9.91. The molecule has 1 radical (unpaired) electrons. The molecule has 1 aliphatic rings. The van der Waals surface area contributed by atoms with Crippen molar-refractivity contribution in [1.82, 2.24) is 0 Å². The molecule has 0 bridgehead atoms. The fourth-order valence-electron chi connectivity index (χ4n) is 1.32. The van der Waals surface area contributed by atoms with Gasteiger partial charge < -0.3 is 0 Å². The Morgan fingerprint density at radius 3 is 1.89 bits per heavy atom. The topological polar surface area (TPSA) is 0 Å². The normalized spacial score (nSPS) is 23.0. The van der Waals surface area contributed by atoms with Crippen LogP contribution in [0.4, 0.5) is 0 Å². The number of hydrogen-bond donors (Lipinski definition) is 0. The standard InChI is InChI=1S/C7H11Cl2/c8-7(9)6-4-2-1-3-5-6/h6H,1-5H2. The first-order valence-electron chi connectivity index (χ1n) is 3.48. The number of rotatable bonds is 1. The minimum atomic E-state index is 0.502. The maximum absolute atomic E-state index is 5.64. The van der Waals surface area contributed by atoms with Gasteiger partial charge in [0.15, 0.2) is 4.84 Å². The molecule has 0 unspecified atom stereocenters. The zero-order valence-corrected chi connectivity index (χ0v) is 6.88. The third-order valence-corrected chi connectivity index (χ3v) is 2.53. The van der Waals surface area contributed by atoms with Crippen molar-refractivity contribution in [2.75, 3.05) is 0 Å². The summed E-state index contributed by atoms with van der Waals surface area (Å²) in [4.78, 5) is 0.592. The summed E-state index contributed by atoms with van der Waals surface area (Å²) in [6, 6.07) is 0. The predicted octanol–water partition coefficient (Wildman–Crippen LogP) is 3.53. The van der Waals surface area contributed by atoms with Gasteiger partial charge in [0.05, 0.1) is 0 Å². The summed E-state index contributed by atoms with van der Waals surface area (Å²) in [6.07, 6.45) is 6.35. The van der Waals surface area contributed by atoms with Gasteiger partial charge in [-0.15, -0.1) is 0 Å². The first-order chi connectivity index (χ1) is 4.30. The van der Waals surface area contributed by atoms with Crippen LogP contribution in [-0.4, -0.2) is 0 Å². The smallest absolute Gasteiger partial charge is 0.0980 e. The molecule has 9 heavy (non-hydrogen) atoms. The molecule has 1 aliphatic carbocycles. The van der Waals surface area contributed by atoms with Crippen LogP contribution in [0.1, 0.15) is 32.1 Å². The van der Waals surface area contributed by atoms with Gasteiger partial charge in [0.2, 0.25) is 0 Å². The van der Waals surface area contributed by atoms with Crippen molar-refractivity contribution >= 4 is 23.2 Å². The van der Waals surface area contributed by atoms with Crippen molar-refractivity contribution < 1.29 is 0 Å². The van der Waals surface area contributed by atoms with E-state index in [2.05, 4.69) is 0 Å². The van der Waals surface area contributed by atoms with Crippen LogP contribution in [0.2, 0.25) is 0 Å². The molecule has 2 heteroatoms. The van der Waals surface area contributed by atoms with Crippen LogP contribution >= 0.6 is 23.2 Å². The summed E-state index contributed by atoms with van der Waals surface area (Å²) in [5.41, 5.74) is 0. The largest absolute Gasteiger partial charge is 0.154 e. The molecule has 1 saturated carbocycles. The fourth-order valence-corrected chi connectivity index (χ4v) is 1.76. The van der Waals surface area contributed by atoms with Crippen LogP contribution in [0.5, 0.6) is 0 Å². The lowest BCUT2D eigenvalue weighted by molar-refractivity contribution is 0.404. The van der Waals surface area contributed by atoms with E-state index in [1.54, 1.807) is 0 Å². The Morgan fingerprint density at radius 1 is 1.00 bits per heavy atom. The van der Waals surface area contributed by atoms with E-state index in [1.807, 2.05) is 0 Å². The molecule has 1 fully saturated rings. The Balaban J connectivity index is 2.23. The van der Waals surface area contributed by atoms with Crippen molar-refractivity contribution in [1.29, 1.82) is 0 Å². The average Bonchev–Trinajstić information content (AvgIpc) is 1.90. The molecule has 0 aliphatic heterocycles. The van der Waals surface area contributed by atoms with Gasteiger partial charge in [-0.05, 0) is 18.8 Å². The van der Waals surface area contributed by atoms with E-state index in [1.165, 1.54) is 32.1 Å². The molecular formula is C7H11Cl2. The molecule has 0 amide bonds. The third kappa shape index (κ3) is 2.35. The second kappa shape index (κ2) is 3.68. The SMILES string of the molecule is Cl[C](Cl)C1CCCCC1. The molecule has 0 nitrogen and oxygen atoms in total. The summed E-state index contributed by atoms with van der Waals surface area (Å²) in [5.74, 6) is 0.502. The van der Waals surface area contributed by atoms with Crippen LogP contribution in [0.25, 0.3) is 0 Å². The zero-order valence-electron chi connectivity index (χ0n) is 5.37. The second-order valence-corrected chi connectivity index (χ2v) is 3.63. The van der Waals surface area contributed by atoms with Crippen molar-refractivity contribution in [2.24, 2.45) is 5.92 Å². The van der Waals surface area contributed by atoms with Gasteiger partial charge in [0, 0.05) is 0 Å². The van der Waals surface area contributed by atoms with Crippen molar-refractivity contribution in [3.05, 3.63) is 4.84 Å². The molecule has 53 valence electrons. The molecule has 0 N–H and O–H groups in total. The Labute approximate surface area is 66.5 Å². The molecular weight excluding hydrogens is 155 g/mol. The summed E-state index contributed by atoms with van der Waals surface area (Å²) >= 11 is 11.3. The first-order valence-corrected chi connectivity index (χ1v) is 4.24. The summed E-state index contributed by atoms with van der Waals surface area (Å²) in [7, 11) is 0. The van der Waals surface area contributed by atoms with E-state index in [4.69, 9.17) is 23.2 Å². The monoisotopic (exact) mass is 165 g/mol. The number of halogens is 2. The van der Waals surface area contributed by atoms with Gasteiger partial charge in [-0.25, -0.2) is 0 Å². The van der Waals surface area contributed by atoms with Crippen molar-refractivity contribution in [3.63, 3.8) is 0 Å². The molecule has 0 saturated heterocycles. The highest BCUT2D eigenvalue weighted by Crippen LogP contribution is 2.35. The maximum atomic E-state index is 5.64. The van der Waals surface area contributed by atoms with E-state index in [9.17, 15) is 0 Å². The quantitative estimate of drug-likeness (QED) is 0.558. The Bertz CT molecular complexity index is 75.0. The third-order valence-electron chi connectivity index (χ3n) is 1.91. The van der Waals surface area contributed by atoms with Gasteiger partial charge in [0.25, 0.3) is 0 Å². The molecule has 0 aromatic heterocycles. The molecule has 0 heterocycles. The Kier molecular flexibility index (Phi) is 3.14. The number of hydrogen-bond acceptors (Lipinski definition) is 0. The lowest BCUT2D eigenvalue weighted by Crippen LogP contribution is -2.07. The Hall–Kier alpha value is 0.580. The molecule has 1 rings (SSSR count). The van der Waals surface area contributed by atoms with Gasteiger partial charge in [-0.2, -0.15) is 0 Å². The van der Waals surface area contributed by atoms with Gasteiger partial charge in [-0.1, -0.05) is 42.5 Å². The molecule has 0 aromatic carbocycles. The maximum Gasteiger partial charge on any atom is 0.154 e. The second-order valence-electron chi connectivity index (χ2n) is 2.62. The lowest BCUT2D eigenvalue weighted by Gasteiger charge is -2.20. The predicted molar refractivity (Wildman–Crippen MR) is 41.5 cm³/mol. The highest BCUT2D eigenvalue weighted by molar-refractivity contribution is 6.52. The van der Waals surface area contributed by atoms with Gasteiger partial charge in [-0.3, -0.25) is 0 Å². The van der Waals surface area contributed by atoms with E-state index in [-0.39, 0.29) is 0 Å². The van der Waals surface area contributed by atoms with Crippen LogP contribution in [-0.2, 0) is 0 Å². The van der Waals surface area contributed by atoms with Gasteiger partial charge in [0.1, 0.15) is 0 Å². The van der Waals surface area contributed by atoms with Crippen molar-refractivity contribution in [2.45, 2.75) is 32.1 Å². The van der Waals surface area contributed by atoms with Crippen LogP contribution in [0.3, 0.4) is 0 Å². The zero-order chi connectivity index (χ0) is 6.69. The van der Waals surface area contributed by atoms with E-state index < -0.39 is 0 Å². The van der Waals surface area contributed by atoms with E-state index >= 15 is 0 Å². The Morgan fingerprint density at radius 2 is 1.56 bits per heavy atom. The molecule has 0 aromatic rings. The minimum Gasteiger partial charge on any atom is -0.0980 e. The summed E-state index contributed by atoms with van der Waals surface area (Å²) < 4.78 is 0. The van der Waals surface area contributed by atoms with E-state index in [0.29, 0.717) is 10.8 Å². The van der Waals surface area contributed by atoms with Crippen LogP contribution in [0.15, 0.2) is 0 Å². The fraction of sp³-hybridized carbons (Fsp3) is 0.857. The first kappa shape index (κ1) is 7.68. The molecule has 0 spiro atoms. The van der Waals surface area contributed by atoms with Gasteiger partial charge >= 0.3 is 0 Å². The minimum absolute atomic E-state index is 0.502. The van der Waals surface area contributed by atoms with E-state index in [0.717, 1.165) is 0 Å². The summed E-state index contributed by atoms with van der Waals surface area (Å²) in [6.45, 7) is 0. The van der Waals surface area contributed by atoms with Crippen LogP contribution in [0, 0.1) is 10.8 Å².